The topological polar surface area (TPSA) is 890 Å². The number of amides is 5. The van der Waals surface area contributed by atoms with Crippen molar-refractivity contribution in [3.63, 3.8) is 0 Å². The van der Waals surface area contributed by atoms with Gasteiger partial charge in [-0.3, -0.25) is 28.5 Å². The minimum absolute atomic E-state index is 0.861. The van der Waals surface area contributed by atoms with Crippen LogP contribution in [0.2, 0.25) is 0 Å². The second kappa shape index (κ2) is 46.1. The number of rotatable bonds is 34. The van der Waals surface area contributed by atoms with E-state index in [2.05, 4.69) is 30.8 Å². The standard InChI is InChI=1S/C70H117N5O53S/c1-16-36(88)46(98)50(102)66(111-16)109-15-30-56(42(94)31(61(105)112-30)71-17(2)83)122-62-32(72-18(3)84)44(96)55(28(13-82)117-62)124-68-52(104)58(41(93)29(120-68)14-110-69-59(48(100)38(90)23(8-77)115-69)126-63-34(74-20(5)86)45(97)54(27(12-81)119-63)123-67-51(103)47(99)37(89)22(7-76)114-67)125-70-60(49(101)39(91)24(9-78)116-70)127-64-33(73-19(4)85)43(95)53(26(11-80)118-64)121-65-35(75-21(6)87)57(128-129(106,107)108)40(92)25(10-79)113-65/h16,22-70,76-82,88-105H,7-15H2,1-6H3,(H,71,83)(H,72,84)(H,73,85)(H,74,86)(H,75,87)(H,106,107,108)/t16-,22+,23+,24+,25+,26+,27+,28+,29+,30+,31+,32+,33+,34+,35+,36+,37-,38+,39+,40-,41+,42+,43+,44+,45+,46+,47-,48-,49-,50-,51+,52-,53+,54+,55+,56+,57+,58-,59-,60-,61?,62-,63-,64-,65-,66+,67-,68-,69-,70+/m0/s1. The van der Waals surface area contributed by atoms with Crippen molar-refractivity contribution in [2.24, 2.45) is 0 Å². The maximum Gasteiger partial charge on any atom is 0.397 e. The van der Waals surface area contributed by atoms with Gasteiger partial charge in [0, 0.05) is 34.6 Å². The van der Waals surface area contributed by atoms with E-state index in [9.17, 15) is 165 Å². The Hall–Kier alpha value is -4.54. The Kier molecular flexibility index (Phi) is 38.0. The molecule has 10 saturated heterocycles. The number of ether oxygens (including phenoxy) is 19. The first-order valence-electron chi connectivity index (χ1n) is 40.6. The summed E-state index contributed by atoms with van der Waals surface area (Å²) in [6, 6.07) is -9.91. The van der Waals surface area contributed by atoms with Crippen LogP contribution in [0, 0.1) is 0 Å². The number of aliphatic hydroxyl groups excluding tert-OH is 25. The monoisotopic (exact) mass is 1910 g/mol. The zero-order chi connectivity index (χ0) is 95.3. The summed E-state index contributed by atoms with van der Waals surface area (Å²) >= 11 is 0. The summed E-state index contributed by atoms with van der Waals surface area (Å²) in [4.78, 5) is 64.5. The number of carbonyl (C=O) groups is 5. The highest BCUT2D eigenvalue weighted by Gasteiger charge is 2.62. The molecule has 5 amide bonds. The van der Waals surface area contributed by atoms with E-state index in [1.807, 2.05) is 0 Å². The van der Waals surface area contributed by atoms with Crippen LogP contribution in [-0.4, -0.2) is 536 Å². The molecule has 10 aliphatic heterocycles. The third-order valence-electron chi connectivity index (χ3n) is 23.0. The van der Waals surface area contributed by atoms with Crippen molar-refractivity contribution in [2.45, 2.75) is 348 Å². The summed E-state index contributed by atoms with van der Waals surface area (Å²) < 4.78 is 152. The molecule has 1 unspecified atom stereocenters. The summed E-state index contributed by atoms with van der Waals surface area (Å²) in [6.45, 7) is -4.56. The summed E-state index contributed by atoms with van der Waals surface area (Å²) in [5.41, 5.74) is 0. The predicted molar refractivity (Wildman–Crippen MR) is 397 cm³/mol. The lowest BCUT2D eigenvalue weighted by molar-refractivity contribution is -0.398. The number of nitrogens with one attached hydrogen (secondary N) is 5. The molecule has 59 heteroatoms. The molecule has 0 aromatic carbocycles. The average Bonchev–Trinajstić information content (AvgIpc) is 0.766. The van der Waals surface area contributed by atoms with Crippen molar-refractivity contribution in [3.05, 3.63) is 0 Å². The van der Waals surface area contributed by atoms with E-state index in [1.54, 1.807) is 0 Å². The molecule has 0 saturated carbocycles. The maximum atomic E-state index is 13.3. The van der Waals surface area contributed by atoms with E-state index < -0.39 is 406 Å². The zero-order valence-electron chi connectivity index (χ0n) is 69.3. The lowest BCUT2D eigenvalue weighted by atomic mass is 9.93. The van der Waals surface area contributed by atoms with Crippen LogP contribution in [0.3, 0.4) is 0 Å². The van der Waals surface area contributed by atoms with Gasteiger partial charge in [0.1, 0.15) is 238 Å². The molecule has 129 heavy (non-hydrogen) atoms. The highest BCUT2D eigenvalue weighted by Crippen LogP contribution is 2.41. The summed E-state index contributed by atoms with van der Waals surface area (Å²) in [5, 5.41) is 293. The first-order chi connectivity index (χ1) is 60.7. The molecule has 0 bridgehead atoms. The SMILES string of the molecule is CC(=O)N[C@H]1[C@H](O[C@H]2[C@H](O)[C@@H](NC(C)=O)C(O)O[C@@H]2CO[C@@H]2O[C@@H](C)[C@@H](O)[C@@H](O)[C@@H]2O)O[C@H](CO)[C@@H](O[C@@H]2O[C@H](CO[C@H]3O[C@H](CO)[C@@H](O)[C@H](O)[C@@H]3O[C@@H]3O[C@H](CO)[C@@H](O[C@@H]4O[C@H](CO)[C@H](O)[C@H](O)[C@H]4O)[C@H](O)[C@H]3NC(C)=O)[C@@H](O)[C@H](O[C@H]3O[C@H](CO)[C@@H](O)[C@H](O)[C@@H]3O[C@@H]3O[C@H](CO)[C@@H](O[C@@H]4O[C@H](CO)[C@H](O)[C@H](OS(=O)(=O)O)[C@H]4NC(C)=O)[C@H](O)[C@H]3NC(C)=O)[C@@H]2O)[C@@H]1O. The van der Waals surface area contributed by atoms with Gasteiger partial charge in [-0.25, -0.2) is 4.18 Å². The van der Waals surface area contributed by atoms with Crippen LogP contribution >= 0.6 is 0 Å². The molecule has 0 radical (unpaired) electrons. The quantitative estimate of drug-likeness (QED) is 0.0266. The summed E-state index contributed by atoms with van der Waals surface area (Å²) in [5.74, 6) is -4.90. The van der Waals surface area contributed by atoms with Crippen LogP contribution in [0.25, 0.3) is 0 Å². The third kappa shape index (κ3) is 24.5. The van der Waals surface area contributed by atoms with E-state index in [4.69, 9.17) is 90.0 Å². The van der Waals surface area contributed by atoms with Gasteiger partial charge < -0.3 is 244 Å². The summed E-state index contributed by atoms with van der Waals surface area (Å²) in [7, 11) is -5.55. The van der Waals surface area contributed by atoms with Gasteiger partial charge in [0.25, 0.3) is 0 Å². The Morgan fingerprint density at radius 2 is 0.543 bits per heavy atom. The molecule has 50 atom stereocenters. The van der Waals surface area contributed by atoms with Crippen molar-refractivity contribution in [1.82, 2.24) is 26.6 Å². The molecular formula is C70H117N5O53S. The number of hydrogen-bond acceptors (Lipinski definition) is 52. The van der Waals surface area contributed by atoms with Gasteiger partial charge in [-0.05, 0) is 6.92 Å². The van der Waals surface area contributed by atoms with Gasteiger partial charge in [0.2, 0.25) is 29.5 Å². The van der Waals surface area contributed by atoms with Crippen molar-refractivity contribution in [3.8, 4) is 0 Å². The van der Waals surface area contributed by atoms with E-state index in [0.29, 0.717) is 0 Å². The molecule has 0 spiro atoms. The Morgan fingerprint density at radius 1 is 0.256 bits per heavy atom. The fraction of sp³-hybridized carbons (Fsp3) is 0.929. The van der Waals surface area contributed by atoms with Crippen LogP contribution < -0.4 is 26.6 Å². The smallest absolute Gasteiger partial charge is 0.394 e. The number of carbonyl (C=O) groups excluding carboxylic acids is 5. The second-order valence-corrected chi connectivity index (χ2v) is 33.3. The van der Waals surface area contributed by atoms with Gasteiger partial charge in [-0.15, -0.1) is 0 Å². The molecule has 10 rings (SSSR count). The molecule has 10 aliphatic rings. The van der Waals surface area contributed by atoms with Gasteiger partial charge in [-0.1, -0.05) is 0 Å². The van der Waals surface area contributed by atoms with Crippen LogP contribution in [0.4, 0.5) is 0 Å². The Morgan fingerprint density at radius 3 is 0.977 bits per heavy atom. The Labute approximate surface area is 730 Å². The Bertz CT molecular complexity index is 3700. The molecule has 0 aromatic heterocycles. The first-order valence-corrected chi connectivity index (χ1v) is 42.0. The molecule has 58 nitrogen and oxygen atoms in total. The third-order valence-corrected chi connectivity index (χ3v) is 23.5. The van der Waals surface area contributed by atoms with E-state index >= 15 is 0 Å². The zero-order valence-corrected chi connectivity index (χ0v) is 70.1. The fourth-order valence-corrected chi connectivity index (χ4v) is 16.9. The highest BCUT2D eigenvalue weighted by molar-refractivity contribution is 7.80. The maximum absolute atomic E-state index is 13.3. The van der Waals surface area contributed by atoms with E-state index in [1.165, 1.54) is 6.92 Å². The van der Waals surface area contributed by atoms with Crippen LogP contribution in [0.15, 0.2) is 0 Å². The molecule has 0 aromatic rings. The molecule has 0 aliphatic carbocycles. The van der Waals surface area contributed by atoms with Crippen molar-refractivity contribution in [2.75, 3.05) is 59.5 Å². The first kappa shape index (κ1) is 107. The molecule has 746 valence electrons. The van der Waals surface area contributed by atoms with Crippen LogP contribution in [0.5, 0.6) is 0 Å². The lowest BCUT2D eigenvalue weighted by Gasteiger charge is -2.51. The molecule has 31 N–H and O–H groups in total. The van der Waals surface area contributed by atoms with Crippen molar-refractivity contribution in [1.29, 1.82) is 0 Å². The predicted octanol–water partition coefficient (Wildman–Crippen LogP) is -21.2. The van der Waals surface area contributed by atoms with Crippen LogP contribution in [0.1, 0.15) is 41.5 Å². The van der Waals surface area contributed by atoms with E-state index in [-0.39, 0.29) is 0 Å². The molecular weight excluding hydrogens is 1790 g/mol. The summed E-state index contributed by atoms with van der Waals surface area (Å²) in [6.07, 6.45) is -95.8. The van der Waals surface area contributed by atoms with Gasteiger partial charge in [0.05, 0.1) is 65.6 Å². The number of aliphatic hydroxyl groups is 25. The van der Waals surface area contributed by atoms with Gasteiger partial charge in [0.15, 0.2) is 62.9 Å². The van der Waals surface area contributed by atoms with E-state index in [0.717, 1.165) is 34.6 Å². The van der Waals surface area contributed by atoms with Gasteiger partial charge in [-0.2, -0.15) is 8.42 Å². The average molecular weight is 1910 g/mol. The number of hydrogen-bond donors (Lipinski definition) is 31. The highest BCUT2D eigenvalue weighted by atomic mass is 32.3. The van der Waals surface area contributed by atoms with Crippen LogP contribution in [-0.2, 0) is 129 Å². The van der Waals surface area contributed by atoms with Crippen molar-refractivity contribution >= 4 is 39.9 Å². The minimum Gasteiger partial charge on any atom is -0.394 e. The van der Waals surface area contributed by atoms with Gasteiger partial charge >= 0.3 is 10.4 Å². The molecule has 10 heterocycles. The normalized spacial score (nSPS) is 47.7. The second-order valence-electron chi connectivity index (χ2n) is 32.2. The Balaban J connectivity index is 0.995. The molecule has 10 fully saturated rings. The largest absolute Gasteiger partial charge is 0.397 e. The minimum atomic E-state index is -5.55. The fourth-order valence-electron chi connectivity index (χ4n) is 16.4. The lowest BCUT2D eigenvalue weighted by Crippen LogP contribution is -2.71. The van der Waals surface area contributed by atoms with Crippen molar-refractivity contribution < 1.29 is 259 Å².